The molecule has 1 aliphatic heterocycles. The van der Waals surface area contributed by atoms with Crippen LogP contribution in [-0.4, -0.2) is 29.4 Å². The van der Waals surface area contributed by atoms with E-state index >= 15 is 0 Å². The minimum Gasteiger partial charge on any atom is -0.477 e. The number of carbonyl (C=O) groups is 1. The fourth-order valence-electron chi connectivity index (χ4n) is 1.90. The predicted molar refractivity (Wildman–Crippen MR) is 81.1 cm³/mol. The summed E-state index contributed by atoms with van der Waals surface area (Å²) in [5, 5.41) is 8.92. The molecule has 2 heterocycles. The number of hydrogen-bond acceptors (Lipinski definition) is 4. The molecule has 21 heavy (non-hydrogen) atoms. The van der Waals surface area contributed by atoms with E-state index in [-0.39, 0.29) is 4.88 Å². The second-order valence-corrected chi connectivity index (χ2v) is 7.11. The lowest BCUT2D eigenvalue weighted by atomic mass is 9.84. The lowest BCUT2D eigenvalue weighted by molar-refractivity contribution is 0.00578. The van der Waals surface area contributed by atoms with E-state index in [0.717, 1.165) is 11.3 Å². The molecule has 1 aliphatic rings. The van der Waals surface area contributed by atoms with Gasteiger partial charge in [-0.25, -0.2) is 9.18 Å². The van der Waals surface area contributed by atoms with Crippen LogP contribution in [0.4, 0.5) is 4.39 Å². The number of allylic oxidation sites excluding steroid dienone is 1. The zero-order valence-corrected chi connectivity index (χ0v) is 13.5. The van der Waals surface area contributed by atoms with Gasteiger partial charge in [-0.15, -0.1) is 11.3 Å². The topological polar surface area (TPSA) is 55.8 Å². The van der Waals surface area contributed by atoms with Crippen LogP contribution in [-0.2, 0) is 9.31 Å². The Bertz CT molecular complexity index is 590. The van der Waals surface area contributed by atoms with Crippen molar-refractivity contribution in [3.05, 3.63) is 27.6 Å². The average Bonchev–Trinajstić information content (AvgIpc) is 2.91. The van der Waals surface area contributed by atoms with Crippen molar-refractivity contribution >= 4 is 30.0 Å². The molecule has 0 aliphatic carbocycles. The van der Waals surface area contributed by atoms with Crippen LogP contribution in [0.2, 0.25) is 0 Å². The van der Waals surface area contributed by atoms with Gasteiger partial charge in [0.2, 0.25) is 0 Å². The van der Waals surface area contributed by atoms with Crippen molar-refractivity contribution in [1.82, 2.24) is 0 Å². The van der Waals surface area contributed by atoms with Crippen LogP contribution in [0.15, 0.2) is 17.9 Å². The standard InChI is InChI=1S/C14H18BFO4S/c1-8(9-6-7-10(21-9)12(17)18)11(16)15-19-13(2,3)14(4,5)20-15/h6-7H,1-5H3,(H,17,18). The molecule has 1 saturated heterocycles. The Morgan fingerprint density at radius 3 is 2.10 bits per heavy atom. The number of rotatable bonds is 3. The summed E-state index contributed by atoms with van der Waals surface area (Å²) in [6.07, 6.45) is 0. The van der Waals surface area contributed by atoms with Crippen LogP contribution in [0.5, 0.6) is 0 Å². The third-order valence-electron chi connectivity index (χ3n) is 4.00. The molecule has 114 valence electrons. The Morgan fingerprint density at radius 2 is 1.67 bits per heavy atom. The molecule has 4 nitrogen and oxygen atoms in total. The maximum atomic E-state index is 14.6. The lowest BCUT2D eigenvalue weighted by Crippen LogP contribution is -2.41. The number of hydrogen-bond donors (Lipinski definition) is 1. The van der Waals surface area contributed by atoms with Crippen molar-refractivity contribution in [3.8, 4) is 0 Å². The van der Waals surface area contributed by atoms with Gasteiger partial charge in [0.05, 0.1) is 11.2 Å². The van der Waals surface area contributed by atoms with Gasteiger partial charge in [0.15, 0.2) is 0 Å². The van der Waals surface area contributed by atoms with E-state index in [0.29, 0.717) is 10.5 Å². The highest BCUT2D eigenvalue weighted by Gasteiger charge is 2.53. The molecule has 0 radical (unpaired) electrons. The Balaban J connectivity index is 2.29. The van der Waals surface area contributed by atoms with Crippen LogP contribution in [0.3, 0.4) is 0 Å². The summed E-state index contributed by atoms with van der Waals surface area (Å²) in [6, 6.07) is 3.05. The molecule has 0 spiro atoms. The maximum absolute atomic E-state index is 14.6. The third kappa shape index (κ3) is 2.91. The van der Waals surface area contributed by atoms with Gasteiger partial charge in [0.1, 0.15) is 10.6 Å². The molecule has 0 saturated carbocycles. The van der Waals surface area contributed by atoms with E-state index in [1.54, 1.807) is 13.0 Å². The largest absolute Gasteiger partial charge is 0.525 e. The number of aromatic carboxylic acids is 1. The highest BCUT2D eigenvalue weighted by atomic mass is 32.1. The first-order chi connectivity index (χ1) is 9.55. The van der Waals surface area contributed by atoms with Gasteiger partial charge in [-0.05, 0) is 52.3 Å². The SMILES string of the molecule is CC(=C(F)B1OC(C)(C)C(C)(C)O1)c1ccc(C(=O)O)s1. The summed E-state index contributed by atoms with van der Waals surface area (Å²) >= 11 is 1.03. The summed E-state index contributed by atoms with van der Waals surface area (Å²) in [6.45, 7) is 9.00. The van der Waals surface area contributed by atoms with Crippen LogP contribution < -0.4 is 0 Å². The molecule has 0 bridgehead atoms. The van der Waals surface area contributed by atoms with Gasteiger partial charge >= 0.3 is 13.1 Å². The molecular weight excluding hydrogens is 294 g/mol. The van der Waals surface area contributed by atoms with Crippen molar-refractivity contribution < 1.29 is 23.6 Å². The first-order valence-electron chi connectivity index (χ1n) is 6.60. The van der Waals surface area contributed by atoms with Gasteiger partial charge in [0, 0.05) is 4.88 Å². The quantitative estimate of drug-likeness (QED) is 0.863. The van der Waals surface area contributed by atoms with E-state index in [1.165, 1.54) is 6.07 Å². The molecule has 1 aromatic rings. The van der Waals surface area contributed by atoms with Crippen LogP contribution in [0.25, 0.3) is 5.57 Å². The van der Waals surface area contributed by atoms with E-state index < -0.39 is 30.0 Å². The summed E-state index contributed by atoms with van der Waals surface area (Å²) < 4.78 is 25.9. The van der Waals surface area contributed by atoms with Crippen molar-refractivity contribution in [3.63, 3.8) is 0 Å². The lowest BCUT2D eigenvalue weighted by Gasteiger charge is -2.32. The maximum Gasteiger partial charge on any atom is 0.525 e. The monoisotopic (exact) mass is 312 g/mol. The Kier molecular flexibility index (Phi) is 4.03. The summed E-state index contributed by atoms with van der Waals surface area (Å²) in [5.74, 6) is -1.02. The van der Waals surface area contributed by atoms with Crippen LogP contribution >= 0.6 is 11.3 Å². The summed E-state index contributed by atoms with van der Waals surface area (Å²) in [7, 11) is -1.06. The fraction of sp³-hybridized carbons (Fsp3) is 0.500. The molecule has 1 aromatic heterocycles. The smallest absolute Gasteiger partial charge is 0.477 e. The first-order valence-corrected chi connectivity index (χ1v) is 7.42. The summed E-state index contributed by atoms with van der Waals surface area (Å²) in [4.78, 5) is 11.6. The number of carboxylic acids is 1. The Labute approximate surface area is 127 Å². The van der Waals surface area contributed by atoms with Gasteiger partial charge < -0.3 is 14.4 Å². The molecule has 7 heteroatoms. The van der Waals surface area contributed by atoms with Crippen molar-refractivity contribution in [2.45, 2.75) is 45.8 Å². The van der Waals surface area contributed by atoms with E-state index in [9.17, 15) is 9.18 Å². The molecule has 1 fully saturated rings. The Hall–Kier alpha value is -1.18. The predicted octanol–water partition coefficient (Wildman–Crippen LogP) is 3.78. The Morgan fingerprint density at radius 1 is 1.19 bits per heavy atom. The molecular formula is C14H18BFO4S. The molecule has 2 rings (SSSR count). The molecule has 0 unspecified atom stereocenters. The molecule has 1 N–H and O–H groups in total. The molecule has 0 atom stereocenters. The number of halogens is 1. The zero-order chi connectivity index (χ0) is 16.0. The highest BCUT2D eigenvalue weighted by molar-refractivity contribution is 7.15. The molecule has 0 aromatic carbocycles. The van der Waals surface area contributed by atoms with Gasteiger partial charge in [-0.3, -0.25) is 0 Å². The minimum atomic E-state index is -1.06. The van der Waals surface area contributed by atoms with Crippen molar-refractivity contribution in [1.29, 1.82) is 0 Å². The van der Waals surface area contributed by atoms with Crippen molar-refractivity contribution in [2.24, 2.45) is 0 Å². The fourth-order valence-corrected chi connectivity index (χ4v) is 2.74. The minimum absolute atomic E-state index is 0.172. The third-order valence-corrected chi connectivity index (χ3v) is 5.20. The average molecular weight is 312 g/mol. The highest BCUT2D eigenvalue weighted by Crippen LogP contribution is 2.40. The second kappa shape index (κ2) is 5.23. The first kappa shape index (κ1) is 16.2. The second-order valence-electron chi connectivity index (χ2n) is 6.03. The number of carboxylic acid groups (broad SMARTS) is 1. The van der Waals surface area contributed by atoms with E-state index in [4.69, 9.17) is 14.4 Å². The number of thiophene rings is 1. The van der Waals surface area contributed by atoms with E-state index in [2.05, 4.69) is 0 Å². The van der Waals surface area contributed by atoms with E-state index in [1.807, 2.05) is 27.7 Å². The van der Waals surface area contributed by atoms with Crippen LogP contribution in [0.1, 0.15) is 49.2 Å². The van der Waals surface area contributed by atoms with Gasteiger partial charge in [-0.1, -0.05) is 0 Å². The zero-order valence-electron chi connectivity index (χ0n) is 12.7. The van der Waals surface area contributed by atoms with Crippen molar-refractivity contribution in [2.75, 3.05) is 0 Å². The van der Waals surface area contributed by atoms with Crippen LogP contribution in [0, 0.1) is 0 Å². The van der Waals surface area contributed by atoms with Gasteiger partial charge in [0.25, 0.3) is 0 Å². The molecule has 0 amide bonds. The normalized spacial score (nSPS) is 21.3. The summed E-state index contributed by atoms with van der Waals surface area (Å²) in [5.41, 5.74) is -1.41. The van der Waals surface area contributed by atoms with Gasteiger partial charge in [-0.2, -0.15) is 0 Å².